The predicted octanol–water partition coefficient (Wildman–Crippen LogP) is 3.47. The molecule has 1 aromatic carbocycles. The quantitative estimate of drug-likeness (QED) is 0.918. The number of halogens is 1. The minimum Gasteiger partial charge on any atom is -0.477 e. The molecule has 1 N–H and O–H groups in total. The summed E-state index contributed by atoms with van der Waals surface area (Å²) in [5, 5.41) is 18.4. The molecule has 21 heavy (non-hydrogen) atoms. The lowest BCUT2D eigenvalue weighted by Gasteiger charge is -2.22. The normalized spacial score (nSPS) is 12.5. The first-order valence-electron chi connectivity index (χ1n) is 6.46. The zero-order valence-corrected chi connectivity index (χ0v) is 12.6. The highest BCUT2D eigenvalue weighted by Crippen LogP contribution is 2.34. The first kappa shape index (κ1) is 15.4. The molecule has 1 heterocycles. The van der Waals surface area contributed by atoms with Crippen molar-refractivity contribution in [2.75, 3.05) is 7.05 Å². The third-order valence-electron chi connectivity index (χ3n) is 3.50. The van der Waals surface area contributed by atoms with E-state index in [9.17, 15) is 14.3 Å². The maximum Gasteiger partial charge on any atom is 0.346 e. The zero-order chi connectivity index (χ0) is 15.6. The topological polar surface area (TPSA) is 64.3 Å². The maximum absolute atomic E-state index is 14.1. The molecular formula is C15H15FN2O2S. The number of thiophene rings is 1. The highest BCUT2D eigenvalue weighted by molar-refractivity contribution is 7.21. The summed E-state index contributed by atoms with van der Waals surface area (Å²) >= 11 is 1.08. The second-order valence-electron chi connectivity index (χ2n) is 4.95. The third kappa shape index (κ3) is 3.04. The van der Waals surface area contributed by atoms with E-state index in [1.54, 1.807) is 19.2 Å². The zero-order valence-electron chi connectivity index (χ0n) is 11.8. The molecule has 0 saturated heterocycles. The largest absolute Gasteiger partial charge is 0.477 e. The van der Waals surface area contributed by atoms with Gasteiger partial charge in [0.1, 0.15) is 10.7 Å². The third-order valence-corrected chi connectivity index (χ3v) is 4.69. The Hall–Kier alpha value is -1.97. The van der Waals surface area contributed by atoms with Gasteiger partial charge in [0.05, 0.1) is 12.5 Å². The fourth-order valence-corrected chi connectivity index (χ4v) is 3.25. The summed E-state index contributed by atoms with van der Waals surface area (Å²) in [6, 6.07) is 6.69. The van der Waals surface area contributed by atoms with E-state index in [1.165, 1.54) is 6.07 Å². The van der Waals surface area contributed by atoms with E-state index in [4.69, 9.17) is 5.26 Å². The molecule has 0 bridgehead atoms. The van der Waals surface area contributed by atoms with Crippen LogP contribution in [0, 0.1) is 17.1 Å². The number of hydrogen-bond donors (Lipinski definition) is 1. The number of nitrogens with zero attached hydrogens (tertiary/aromatic N) is 2. The number of carboxylic acids is 1. The van der Waals surface area contributed by atoms with Crippen molar-refractivity contribution in [1.82, 2.24) is 4.90 Å². The Morgan fingerprint density at radius 3 is 2.90 bits per heavy atom. The van der Waals surface area contributed by atoms with Crippen LogP contribution in [0.25, 0.3) is 10.1 Å². The summed E-state index contributed by atoms with van der Waals surface area (Å²) in [5.41, 5.74) is 0.480. The van der Waals surface area contributed by atoms with Crippen LogP contribution in [0.1, 0.15) is 28.6 Å². The smallest absolute Gasteiger partial charge is 0.346 e. The van der Waals surface area contributed by atoms with Gasteiger partial charge >= 0.3 is 5.97 Å². The number of carbonyl (C=O) groups is 1. The fourth-order valence-electron chi connectivity index (χ4n) is 2.18. The van der Waals surface area contributed by atoms with Gasteiger partial charge in [-0.15, -0.1) is 11.3 Å². The number of rotatable bonds is 5. The van der Waals surface area contributed by atoms with Gasteiger partial charge in [-0.05, 0) is 26.1 Å². The molecule has 0 aliphatic carbocycles. The van der Waals surface area contributed by atoms with E-state index in [2.05, 4.69) is 6.07 Å². The van der Waals surface area contributed by atoms with Crippen LogP contribution >= 0.6 is 11.3 Å². The molecule has 0 fully saturated rings. The predicted molar refractivity (Wildman–Crippen MR) is 79.9 cm³/mol. The van der Waals surface area contributed by atoms with Crippen molar-refractivity contribution in [2.24, 2.45) is 0 Å². The van der Waals surface area contributed by atoms with Crippen LogP contribution in [0.3, 0.4) is 0 Å². The van der Waals surface area contributed by atoms with Gasteiger partial charge in [-0.3, -0.25) is 4.90 Å². The summed E-state index contributed by atoms with van der Waals surface area (Å²) in [5.74, 6) is -1.46. The van der Waals surface area contributed by atoms with Crippen LogP contribution in [0.5, 0.6) is 0 Å². The Morgan fingerprint density at radius 2 is 2.29 bits per heavy atom. The first-order valence-corrected chi connectivity index (χ1v) is 7.27. The molecule has 1 unspecified atom stereocenters. The van der Waals surface area contributed by atoms with Crippen LogP contribution < -0.4 is 0 Å². The summed E-state index contributed by atoms with van der Waals surface area (Å²) in [7, 11) is 1.80. The fraction of sp³-hybridized carbons (Fsp3) is 0.333. The van der Waals surface area contributed by atoms with E-state index in [1.807, 2.05) is 11.8 Å². The second kappa shape index (κ2) is 6.20. The molecular weight excluding hydrogens is 291 g/mol. The van der Waals surface area contributed by atoms with Gasteiger partial charge in [-0.2, -0.15) is 5.26 Å². The summed E-state index contributed by atoms with van der Waals surface area (Å²) in [6.45, 7) is 2.18. The summed E-state index contributed by atoms with van der Waals surface area (Å²) in [6.07, 6.45) is 0.337. The molecule has 110 valence electrons. The van der Waals surface area contributed by atoms with Crippen LogP contribution in [0.4, 0.5) is 4.39 Å². The molecule has 1 aromatic heterocycles. The average molecular weight is 306 g/mol. The van der Waals surface area contributed by atoms with Gasteiger partial charge in [0.2, 0.25) is 0 Å². The van der Waals surface area contributed by atoms with Crippen LogP contribution in [-0.4, -0.2) is 29.1 Å². The van der Waals surface area contributed by atoms with Crippen molar-refractivity contribution >= 4 is 27.4 Å². The first-order chi connectivity index (χ1) is 9.95. The number of benzene rings is 1. The molecule has 2 aromatic rings. The molecule has 0 aliphatic heterocycles. The number of aromatic carboxylic acids is 1. The number of hydrogen-bond acceptors (Lipinski definition) is 4. The van der Waals surface area contributed by atoms with Crippen molar-refractivity contribution in [3.05, 3.63) is 34.5 Å². The molecule has 1 atom stereocenters. The molecule has 0 spiro atoms. The molecule has 6 heteroatoms. The van der Waals surface area contributed by atoms with Crippen LogP contribution in [0.2, 0.25) is 0 Å². The monoisotopic (exact) mass is 306 g/mol. The minimum absolute atomic E-state index is 0.0293. The minimum atomic E-state index is -1.05. The van der Waals surface area contributed by atoms with Crippen LogP contribution in [-0.2, 0) is 6.54 Å². The van der Waals surface area contributed by atoms with E-state index in [0.29, 0.717) is 28.6 Å². The van der Waals surface area contributed by atoms with Crippen molar-refractivity contribution < 1.29 is 14.3 Å². The molecule has 2 rings (SSSR count). The van der Waals surface area contributed by atoms with E-state index in [-0.39, 0.29) is 10.9 Å². The van der Waals surface area contributed by atoms with E-state index in [0.717, 1.165) is 11.3 Å². The Bertz CT molecular complexity index is 720. The Balaban J connectivity index is 2.48. The van der Waals surface area contributed by atoms with Crippen molar-refractivity contribution in [1.29, 1.82) is 5.26 Å². The lowest BCUT2D eigenvalue weighted by Crippen LogP contribution is -2.28. The Labute approximate surface area is 126 Å². The van der Waals surface area contributed by atoms with Gasteiger partial charge in [0.15, 0.2) is 0 Å². The molecule has 4 nitrogen and oxygen atoms in total. The maximum atomic E-state index is 14.1. The SMILES string of the molecule is CC(CC#N)N(C)Cc1c(C(=O)O)sc2cccc(F)c12. The highest BCUT2D eigenvalue weighted by Gasteiger charge is 2.22. The van der Waals surface area contributed by atoms with Crippen molar-refractivity contribution in [3.8, 4) is 6.07 Å². The number of carboxylic acid groups (broad SMARTS) is 1. The van der Waals surface area contributed by atoms with Crippen molar-refractivity contribution in [2.45, 2.75) is 25.9 Å². The molecule has 0 saturated carbocycles. The Kier molecular flexibility index (Phi) is 4.56. The molecule has 0 aliphatic rings. The van der Waals surface area contributed by atoms with Gasteiger partial charge < -0.3 is 5.11 Å². The lowest BCUT2D eigenvalue weighted by molar-refractivity contribution is 0.0700. The summed E-state index contributed by atoms with van der Waals surface area (Å²) < 4.78 is 14.7. The number of fused-ring (bicyclic) bond motifs is 1. The van der Waals surface area contributed by atoms with Gasteiger partial charge in [-0.1, -0.05) is 6.07 Å². The molecule has 0 radical (unpaired) electrons. The Morgan fingerprint density at radius 1 is 1.57 bits per heavy atom. The summed E-state index contributed by atoms with van der Waals surface area (Å²) in [4.78, 5) is 13.4. The average Bonchev–Trinajstić information content (AvgIpc) is 2.79. The van der Waals surface area contributed by atoms with Crippen molar-refractivity contribution in [3.63, 3.8) is 0 Å². The van der Waals surface area contributed by atoms with Crippen LogP contribution in [0.15, 0.2) is 18.2 Å². The molecule has 0 amide bonds. The standard InChI is InChI=1S/C15H15FN2O2S/c1-9(6-7-17)18(2)8-10-13-11(16)4-3-5-12(13)21-14(10)15(19)20/h3-5,9H,6,8H2,1-2H3,(H,19,20). The highest BCUT2D eigenvalue weighted by atomic mass is 32.1. The lowest BCUT2D eigenvalue weighted by atomic mass is 10.1. The van der Waals surface area contributed by atoms with Gasteiger partial charge in [0, 0.05) is 28.2 Å². The number of nitriles is 1. The van der Waals surface area contributed by atoms with E-state index < -0.39 is 11.8 Å². The van der Waals surface area contributed by atoms with Gasteiger partial charge in [0.25, 0.3) is 0 Å². The van der Waals surface area contributed by atoms with Gasteiger partial charge in [-0.25, -0.2) is 9.18 Å². The second-order valence-corrected chi connectivity index (χ2v) is 6.01. The van der Waals surface area contributed by atoms with E-state index >= 15 is 0 Å².